The highest BCUT2D eigenvalue weighted by Gasteiger charge is 2.22. The van der Waals surface area contributed by atoms with Gasteiger partial charge in [0.1, 0.15) is 5.82 Å². The molecule has 0 aromatic carbocycles. The van der Waals surface area contributed by atoms with Crippen LogP contribution in [0.5, 0.6) is 0 Å². The zero-order valence-electron chi connectivity index (χ0n) is 14.7. The van der Waals surface area contributed by atoms with Gasteiger partial charge in [0.05, 0.1) is 12.2 Å². The van der Waals surface area contributed by atoms with Crippen LogP contribution in [0.25, 0.3) is 0 Å². The van der Waals surface area contributed by atoms with Gasteiger partial charge < -0.3 is 25.4 Å². The summed E-state index contributed by atoms with van der Waals surface area (Å²) >= 11 is 0. The molecular weight excluding hydrogens is 324 g/mol. The van der Waals surface area contributed by atoms with Crippen molar-refractivity contribution in [2.24, 2.45) is 0 Å². The van der Waals surface area contributed by atoms with Crippen LogP contribution >= 0.6 is 0 Å². The second-order valence-corrected chi connectivity index (χ2v) is 6.29. The van der Waals surface area contributed by atoms with Gasteiger partial charge in [-0.1, -0.05) is 6.07 Å². The average Bonchev–Trinajstić information content (AvgIpc) is 2.56. The maximum atomic E-state index is 11.6. The standard InChI is InChI=1S/C17H26N4O4/c1-12-10-21(11-13(2)25-12)15-6-5-14(8-19-15)9-20-17(24)18-7-3-4-16(22)23/h5-6,8,12-13H,3-4,7,9-11H2,1-2H3,(H,22,23)(H2,18,20,24). The third-order valence-electron chi connectivity index (χ3n) is 3.86. The molecule has 25 heavy (non-hydrogen) atoms. The number of carboxylic acids is 1. The molecule has 2 heterocycles. The fourth-order valence-electron chi connectivity index (χ4n) is 2.76. The van der Waals surface area contributed by atoms with Gasteiger partial charge in [0.25, 0.3) is 0 Å². The number of amides is 2. The van der Waals surface area contributed by atoms with Gasteiger partial charge in [0.15, 0.2) is 0 Å². The summed E-state index contributed by atoms with van der Waals surface area (Å²) in [4.78, 5) is 28.7. The lowest BCUT2D eigenvalue weighted by Gasteiger charge is -2.36. The second kappa shape index (κ2) is 9.22. The van der Waals surface area contributed by atoms with Crippen molar-refractivity contribution in [2.45, 2.75) is 45.4 Å². The molecule has 0 saturated carbocycles. The zero-order chi connectivity index (χ0) is 18.2. The molecule has 2 atom stereocenters. The number of anilines is 1. The van der Waals surface area contributed by atoms with Crippen LogP contribution in [0.3, 0.4) is 0 Å². The number of nitrogens with zero attached hydrogens (tertiary/aromatic N) is 2. The first-order valence-electron chi connectivity index (χ1n) is 8.53. The van der Waals surface area contributed by atoms with Crippen molar-refractivity contribution in [1.29, 1.82) is 0 Å². The van der Waals surface area contributed by atoms with E-state index in [2.05, 4.69) is 34.4 Å². The largest absolute Gasteiger partial charge is 0.481 e. The SMILES string of the molecule is CC1CN(c2ccc(CNC(=O)NCCCC(=O)O)cn2)CC(C)O1. The van der Waals surface area contributed by atoms with Gasteiger partial charge in [-0.3, -0.25) is 4.79 Å². The number of carbonyl (C=O) groups is 2. The molecule has 1 fully saturated rings. The van der Waals surface area contributed by atoms with E-state index in [1.165, 1.54) is 0 Å². The van der Waals surface area contributed by atoms with Crippen LogP contribution in [0.1, 0.15) is 32.3 Å². The maximum Gasteiger partial charge on any atom is 0.315 e. The molecule has 8 nitrogen and oxygen atoms in total. The molecule has 0 spiro atoms. The molecule has 0 radical (unpaired) electrons. The minimum Gasteiger partial charge on any atom is -0.481 e. The number of aliphatic carboxylic acids is 1. The molecule has 1 saturated heterocycles. The van der Waals surface area contributed by atoms with E-state index in [1.54, 1.807) is 6.20 Å². The molecule has 2 unspecified atom stereocenters. The van der Waals surface area contributed by atoms with Crippen molar-refractivity contribution in [3.63, 3.8) is 0 Å². The monoisotopic (exact) mass is 350 g/mol. The van der Waals surface area contributed by atoms with E-state index in [1.807, 2.05) is 12.1 Å². The third-order valence-corrected chi connectivity index (χ3v) is 3.86. The summed E-state index contributed by atoms with van der Waals surface area (Å²) in [5.74, 6) is 0.0429. The number of carbonyl (C=O) groups excluding carboxylic acids is 1. The lowest BCUT2D eigenvalue weighted by atomic mass is 10.2. The van der Waals surface area contributed by atoms with Crippen LogP contribution in [0.2, 0.25) is 0 Å². The minimum atomic E-state index is -0.863. The summed E-state index contributed by atoms with van der Waals surface area (Å²) in [5.41, 5.74) is 0.902. The third kappa shape index (κ3) is 6.58. The quantitative estimate of drug-likeness (QED) is 0.642. The Bertz CT molecular complexity index is 569. The van der Waals surface area contributed by atoms with Crippen molar-refractivity contribution >= 4 is 17.8 Å². The highest BCUT2D eigenvalue weighted by atomic mass is 16.5. The van der Waals surface area contributed by atoms with Crippen LogP contribution < -0.4 is 15.5 Å². The summed E-state index contributed by atoms with van der Waals surface area (Å²) in [5, 5.41) is 13.9. The molecule has 0 bridgehead atoms. The first-order chi connectivity index (χ1) is 11.9. The van der Waals surface area contributed by atoms with E-state index in [0.29, 0.717) is 19.5 Å². The van der Waals surface area contributed by atoms with E-state index in [9.17, 15) is 9.59 Å². The van der Waals surface area contributed by atoms with E-state index < -0.39 is 5.97 Å². The molecule has 2 rings (SSSR count). The number of pyridine rings is 1. The Morgan fingerprint density at radius 2 is 2.00 bits per heavy atom. The summed E-state index contributed by atoms with van der Waals surface area (Å²) < 4.78 is 5.72. The number of rotatable bonds is 7. The molecular formula is C17H26N4O4. The van der Waals surface area contributed by atoms with Crippen LogP contribution in [0, 0.1) is 0 Å². The van der Waals surface area contributed by atoms with Crippen LogP contribution in [0.15, 0.2) is 18.3 Å². The van der Waals surface area contributed by atoms with Gasteiger partial charge in [-0.25, -0.2) is 9.78 Å². The number of morpholine rings is 1. The van der Waals surface area contributed by atoms with Crippen molar-refractivity contribution in [3.8, 4) is 0 Å². The number of aromatic nitrogens is 1. The lowest BCUT2D eigenvalue weighted by molar-refractivity contribution is -0.137. The van der Waals surface area contributed by atoms with Crippen molar-refractivity contribution in [1.82, 2.24) is 15.6 Å². The molecule has 8 heteroatoms. The van der Waals surface area contributed by atoms with Gasteiger partial charge >= 0.3 is 12.0 Å². The van der Waals surface area contributed by atoms with Gasteiger partial charge in [-0.15, -0.1) is 0 Å². The maximum absolute atomic E-state index is 11.6. The Labute approximate surface area is 147 Å². The molecule has 2 amide bonds. The summed E-state index contributed by atoms with van der Waals surface area (Å²) in [6, 6.07) is 3.58. The fraction of sp³-hybridized carbons (Fsp3) is 0.588. The smallest absolute Gasteiger partial charge is 0.315 e. The first-order valence-corrected chi connectivity index (χ1v) is 8.53. The molecule has 3 N–H and O–H groups in total. The summed E-state index contributed by atoms with van der Waals surface area (Å²) in [7, 11) is 0. The Hall–Kier alpha value is -2.35. The number of hydrogen-bond donors (Lipinski definition) is 3. The number of hydrogen-bond acceptors (Lipinski definition) is 5. The Morgan fingerprint density at radius 1 is 1.28 bits per heavy atom. The molecule has 1 aromatic rings. The topological polar surface area (TPSA) is 104 Å². The predicted octanol–water partition coefficient (Wildman–Crippen LogP) is 1.36. The first kappa shape index (κ1) is 19.0. The average molecular weight is 350 g/mol. The summed E-state index contributed by atoms with van der Waals surface area (Å²) in [6.45, 7) is 6.43. The number of ether oxygens (including phenoxy) is 1. The second-order valence-electron chi connectivity index (χ2n) is 6.29. The Kier molecular flexibility index (Phi) is 7.00. The van der Waals surface area contributed by atoms with E-state index >= 15 is 0 Å². The zero-order valence-corrected chi connectivity index (χ0v) is 14.7. The van der Waals surface area contributed by atoms with E-state index in [4.69, 9.17) is 9.84 Å². The van der Waals surface area contributed by atoms with Crippen LogP contribution in [-0.2, 0) is 16.1 Å². The number of nitrogens with one attached hydrogen (secondary N) is 2. The Balaban J connectivity index is 1.74. The van der Waals surface area contributed by atoms with E-state index in [0.717, 1.165) is 24.5 Å². The highest BCUT2D eigenvalue weighted by Crippen LogP contribution is 2.18. The molecule has 1 aliphatic rings. The van der Waals surface area contributed by atoms with Crippen molar-refractivity contribution < 1.29 is 19.4 Å². The number of carboxylic acid groups (broad SMARTS) is 1. The van der Waals surface area contributed by atoms with Gasteiger partial charge in [-0.05, 0) is 31.9 Å². The Morgan fingerprint density at radius 3 is 2.60 bits per heavy atom. The summed E-state index contributed by atoms with van der Waals surface area (Å²) in [6.07, 6.45) is 2.57. The van der Waals surface area contributed by atoms with Crippen molar-refractivity contribution in [3.05, 3.63) is 23.9 Å². The fourth-order valence-corrected chi connectivity index (χ4v) is 2.76. The van der Waals surface area contributed by atoms with Crippen molar-refractivity contribution in [2.75, 3.05) is 24.5 Å². The van der Waals surface area contributed by atoms with E-state index in [-0.39, 0.29) is 24.7 Å². The van der Waals surface area contributed by atoms with Gasteiger partial charge in [0, 0.05) is 38.8 Å². The van der Waals surface area contributed by atoms with Gasteiger partial charge in [-0.2, -0.15) is 0 Å². The minimum absolute atomic E-state index is 0.0461. The molecule has 138 valence electrons. The molecule has 0 aliphatic carbocycles. The van der Waals surface area contributed by atoms with Crippen LogP contribution in [-0.4, -0.2) is 53.9 Å². The lowest BCUT2D eigenvalue weighted by Crippen LogP contribution is -2.45. The highest BCUT2D eigenvalue weighted by molar-refractivity contribution is 5.73. The molecule has 1 aromatic heterocycles. The van der Waals surface area contributed by atoms with Crippen LogP contribution in [0.4, 0.5) is 10.6 Å². The normalized spacial score (nSPS) is 20.2. The molecule has 1 aliphatic heterocycles. The van der Waals surface area contributed by atoms with Gasteiger partial charge in [0.2, 0.25) is 0 Å². The predicted molar refractivity (Wildman–Crippen MR) is 93.6 cm³/mol. The number of urea groups is 1.